The standard InChI is InChI=1S/C15H21NO4/c1-11-3-4-13(15(7-11)19-2)14(18)9-16-5-6-20-12(8-16)10-17/h3-4,7,12,17H,5-6,8-10H2,1-2H3. The number of nitrogens with zero attached hydrogens (tertiary/aromatic N) is 1. The van der Waals surface area contributed by atoms with Crippen LogP contribution in [0.5, 0.6) is 5.75 Å². The minimum absolute atomic E-state index is 0.0153. The lowest BCUT2D eigenvalue weighted by atomic mass is 10.1. The van der Waals surface area contributed by atoms with Crippen molar-refractivity contribution in [3.8, 4) is 5.75 Å². The molecule has 0 aliphatic carbocycles. The molecule has 0 aromatic heterocycles. The van der Waals surface area contributed by atoms with Crippen LogP contribution < -0.4 is 4.74 Å². The largest absolute Gasteiger partial charge is 0.496 e. The molecule has 1 fully saturated rings. The van der Waals surface area contributed by atoms with Crippen molar-refractivity contribution in [2.24, 2.45) is 0 Å². The number of Topliss-reactive ketones (excluding diaryl/α,β-unsaturated/α-hetero) is 1. The zero-order chi connectivity index (χ0) is 14.5. The minimum atomic E-state index is -0.198. The highest BCUT2D eigenvalue weighted by atomic mass is 16.5. The fraction of sp³-hybridized carbons (Fsp3) is 0.533. The van der Waals surface area contributed by atoms with Gasteiger partial charge in [0, 0.05) is 13.1 Å². The SMILES string of the molecule is COc1cc(C)ccc1C(=O)CN1CCOC(CO)C1. The Labute approximate surface area is 119 Å². The number of methoxy groups -OCH3 is 1. The highest BCUT2D eigenvalue weighted by Gasteiger charge is 2.23. The molecule has 1 aliphatic rings. The van der Waals surface area contributed by atoms with Crippen LogP contribution in [0.3, 0.4) is 0 Å². The number of aliphatic hydroxyl groups excluding tert-OH is 1. The van der Waals surface area contributed by atoms with E-state index in [2.05, 4.69) is 0 Å². The average molecular weight is 279 g/mol. The zero-order valence-corrected chi connectivity index (χ0v) is 12.0. The number of carbonyl (C=O) groups excluding carboxylic acids is 1. The Morgan fingerprint density at radius 3 is 3.05 bits per heavy atom. The molecule has 5 heteroatoms. The number of ether oxygens (including phenoxy) is 2. The Bertz CT molecular complexity index is 475. The summed E-state index contributed by atoms with van der Waals surface area (Å²) in [4.78, 5) is 14.4. The smallest absolute Gasteiger partial charge is 0.180 e. The summed E-state index contributed by atoms with van der Waals surface area (Å²) in [7, 11) is 1.57. The summed E-state index contributed by atoms with van der Waals surface area (Å²) in [6.45, 7) is 4.10. The van der Waals surface area contributed by atoms with E-state index in [4.69, 9.17) is 14.6 Å². The second kappa shape index (κ2) is 6.83. The van der Waals surface area contributed by atoms with E-state index in [-0.39, 0.29) is 18.5 Å². The van der Waals surface area contributed by atoms with E-state index in [9.17, 15) is 4.79 Å². The first kappa shape index (κ1) is 15.0. The van der Waals surface area contributed by atoms with Gasteiger partial charge in [-0.25, -0.2) is 0 Å². The molecule has 5 nitrogen and oxygen atoms in total. The lowest BCUT2D eigenvalue weighted by Gasteiger charge is -2.31. The number of hydrogen-bond acceptors (Lipinski definition) is 5. The van der Waals surface area contributed by atoms with E-state index in [0.717, 1.165) is 5.56 Å². The van der Waals surface area contributed by atoms with Crippen LogP contribution in [-0.2, 0) is 4.74 Å². The highest BCUT2D eigenvalue weighted by Crippen LogP contribution is 2.21. The van der Waals surface area contributed by atoms with Crippen LogP contribution in [0, 0.1) is 6.92 Å². The van der Waals surface area contributed by atoms with Crippen molar-refractivity contribution in [1.29, 1.82) is 0 Å². The molecule has 0 saturated carbocycles. The van der Waals surface area contributed by atoms with Gasteiger partial charge in [0.05, 0.1) is 38.5 Å². The molecule has 1 aliphatic heterocycles. The van der Waals surface area contributed by atoms with Gasteiger partial charge >= 0.3 is 0 Å². The van der Waals surface area contributed by atoms with Gasteiger partial charge < -0.3 is 14.6 Å². The average Bonchev–Trinajstić information content (AvgIpc) is 2.47. The third-order valence-electron chi connectivity index (χ3n) is 3.45. The van der Waals surface area contributed by atoms with Crippen LogP contribution >= 0.6 is 0 Å². The highest BCUT2D eigenvalue weighted by molar-refractivity contribution is 6.00. The van der Waals surface area contributed by atoms with Gasteiger partial charge in [0.2, 0.25) is 0 Å². The molecule has 0 bridgehead atoms. The van der Waals surface area contributed by atoms with Gasteiger partial charge in [-0.3, -0.25) is 9.69 Å². The number of benzene rings is 1. The quantitative estimate of drug-likeness (QED) is 0.811. The van der Waals surface area contributed by atoms with Crippen molar-refractivity contribution in [2.75, 3.05) is 40.0 Å². The van der Waals surface area contributed by atoms with Gasteiger partial charge in [-0.2, -0.15) is 0 Å². The molecular formula is C15H21NO4. The summed E-state index contributed by atoms with van der Waals surface area (Å²) >= 11 is 0. The summed E-state index contributed by atoms with van der Waals surface area (Å²) in [6.07, 6.45) is -0.198. The first-order valence-corrected chi connectivity index (χ1v) is 6.76. The molecule has 1 saturated heterocycles. The molecule has 1 unspecified atom stereocenters. The zero-order valence-electron chi connectivity index (χ0n) is 12.0. The van der Waals surface area contributed by atoms with E-state index in [1.807, 2.05) is 24.0 Å². The molecule has 1 heterocycles. The van der Waals surface area contributed by atoms with Crippen molar-refractivity contribution in [1.82, 2.24) is 4.90 Å². The second-order valence-corrected chi connectivity index (χ2v) is 5.04. The molecule has 1 aromatic rings. The molecular weight excluding hydrogens is 258 g/mol. The second-order valence-electron chi connectivity index (χ2n) is 5.04. The van der Waals surface area contributed by atoms with Crippen molar-refractivity contribution in [2.45, 2.75) is 13.0 Å². The van der Waals surface area contributed by atoms with Gasteiger partial charge in [0.15, 0.2) is 5.78 Å². The Morgan fingerprint density at radius 1 is 1.55 bits per heavy atom. The molecule has 2 rings (SSSR count). The number of aliphatic hydroxyl groups is 1. The maximum absolute atomic E-state index is 12.4. The molecule has 20 heavy (non-hydrogen) atoms. The van der Waals surface area contributed by atoms with Crippen LogP contribution in [0.15, 0.2) is 18.2 Å². The molecule has 1 atom stereocenters. The predicted molar refractivity (Wildman–Crippen MR) is 75.3 cm³/mol. The van der Waals surface area contributed by atoms with Gasteiger partial charge in [-0.1, -0.05) is 6.07 Å². The minimum Gasteiger partial charge on any atom is -0.496 e. The first-order chi connectivity index (χ1) is 9.63. The Kier molecular flexibility index (Phi) is 5.11. The maximum atomic E-state index is 12.4. The van der Waals surface area contributed by atoms with Crippen LogP contribution in [-0.4, -0.2) is 61.9 Å². The molecule has 1 N–H and O–H groups in total. The van der Waals surface area contributed by atoms with Crippen molar-refractivity contribution in [3.05, 3.63) is 29.3 Å². The number of morpholine rings is 1. The molecule has 0 amide bonds. The van der Waals surface area contributed by atoms with Gasteiger partial charge in [-0.15, -0.1) is 0 Å². The van der Waals surface area contributed by atoms with Crippen LogP contribution in [0.4, 0.5) is 0 Å². The Morgan fingerprint density at radius 2 is 2.35 bits per heavy atom. The van der Waals surface area contributed by atoms with Crippen LogP contribution in [0.25, 0.3) is 0 Å². The van der Waals surface area contributed by atoms with E-state index >= 15 is 0 Å². The fourth-order valence-electron chi connectivity index (χ4n) is 2.35. The van der Waals surface area contributed by atoms with Gasteiger partial charge in [-0.05, 0) is 24.6 Å². The van der Waals surface area contributed by atoms with Crippen molar-refractivity contribution in [3.63, 3.8) is 0 Å². The van der Waals surface area contributed by atoms with E-state index in [1.165, 1.54) is 0 Å². The summed E-state index contributed by atoms with van der Waals surface area (Å²) in [5.41, 5.74) is 1.66. The van der Waals surface area contributed by atoms with Crippen molar-refractivity contribution >= 4 is 5.78 Å². The molecule has 0 radical (unpaired) electrons. The lowest BCUT2D eigenvalue weighted by Crippen LogP contribution is -2.46. The third-order valence-corrected chi connectivity index (χ3v) is 3.45. The normalized spacial score (nSPS) is 19.9. The van der Waals surface area contributed by atoms with Gasteiger partial charge in [0.1, 0.15) is 5.75 Å². The molecule has 1 aromatic carbocycles. The number of rotatable bonds is 5. The molecule has 110 valence electrons. The van der Waals surface area contributed by atoms with Gasteiger partial charge in [0.25, 0.3) is 0 Å². The Balaban J connectivity index is 2.04. The summed E-state index contributed by atoms with van der Waals surface area (Å²) in [5.74, 6) is 0.641. The van der Waals surface area contributed by atoms with E-state index in [1.54, 1.807) is 13.2 Å². The summed E-state index contributed by atoms with van der Waals surface area (Å²) in [5, 5.41) is 9.12. The first-order valence-electron chi connectivity index (χ1n) is 6.76. The van der Waals surface area contributed by atoms with E-state index in [0.29, 0.717) is 37.6 Å². The lowest BCUT2D eigenvalue weighted by molar-refractivity contribution is -0.0503. The fourth-order valence-corrected chi connectivity index (χ4v) is 2.35. The van der Waals surface area contributed by atoms with Crippen LogP contribution in [0.1, 0.15) is 15.9 Å². The van der Waals surface area contributed by atoms with Crippen molar-refractivity contribution < 1.29 is 19.4 Å². The number of ketones is 1. The Hall–Kier alpha value is -1.43. The monoisotopic (exact) mass is 279 g/mol. The number of carbonyl (C=O) groups is 1. The molecule has 0 spiro atoms. The topological polar surface area (TPSA) is 59.0 Å². The number of hydrogen-bond donors (Lipinski definition) is 1. The maximum Gasteiger partial charge on any atom is 0.180 e. The predicted octanol–water partition coefficient (Wildman–Crippen LogP) is 0.879. The number of aryl methyl sites for hydroxylation is 1. The summed E-state index contributed by atoms with van der Waals surface area (Å²) < 4.78 is 10.7. The summed E-state index contributed by atoms with van der Waals surface area (Å²) in [6, 6.07) is 5.58. The third kappa shape index (κ3) is 3.56. The van der Waals surface area contributed by atoms with E-state index < -0.39 is 0 Å². The van der Waals surface area contributed by atoms with Crippen LogP contribution in [0.2, 0.25) is 0 Å².